The number of halogens is 2. The molecule has 0 radical (unpaired) electrons. The average molecular weight is 227 g/mol. The molecule has 0 unspecified atom stereocenters. The van der Waals surface area contributed by atoms with Crippen LogP contribution in [0, 0.1) is 17.6 Å². The van der Waals surface area contributed by atoms with Crippen molar-refractivity contribution in [2.24, 2.45) is 5.92 Å². The number of benzene rings is 1. The minimum atomic E-state index is -0.897. The van der Waals surface area contributed by atoms with Gasteiger partial charge in [-0.25, -0.2) is 8.78 Å². The maximum absolute atomic E-state index is 13.5. The molecular formula is C12H15F2NO. The van der Waals surface area contributed by atoms with Crippen LogP contribution in [-0.2, 0) is 6.42 Å². The molecule has 0 aromatic heterocycles. The van der Waals surface area contributed by atoms with Gasteiger partial charge in [0.15, 0.2) is 17.4 Å². The molecule has 2 N–H and O–H groups in total. The lowest BCUT2D eigenvalue weighted by Crippen LogP contribution is -2.28. The molecule has 1 aliphatic heterocycles. The highest BCUT2D eigenvalue weighted by Crippen LogP contribution is 2.26. The number of phenols is 1. The molecule has 0 aliphatic carbocycles. The molecule has 1 heterocycles. The number of phenolic OH excluding ortho intramolecular Hbond substituents is 1. The highest BCUT2D eigenvalue weighted by atomic mass is 19.1. The van der Waals surface area contributed by atoms with Gasteiger partial charge in [0, 0.05) is 0 Å². The summed E-state index contributed by atoms with van der Waals surface area (Å²) in [5.74, 6) is -2.14. The van der Waals surface area contributed by atoms with Crippen molar-refractivity contribution in [3.05, 3.63) is 29.3 Å². The molecule has 0 spiro atoms. The van der Waals surface area contributed by atoms with Gasteiger partial charge in [-0.2, -0.15) is 0 Å². The number of hydrogen-bond acceptors (Lipinski definition) is 2. The quantitative estimate of drug-likeness (QED) is 0.812. The van der Waals surface area contributed by atoms with Crippen LogP contribution >= 0.6 is 0 Å². The molecule has 1 aliphatic rings. The van der Waals surface area contributed by atoms with E-state index in [-0.39, 0.29) is 0 Å². The van der Waals surface area contributed by atoms with Gasteiger partial charge >= 0.3 is 0 Å². The Morgan fingerprint density at radius 1 is 1.25 bits per heavy atom. The topological polar surface area (TPSA) is 32.3 Å². The first kappa shape index (κ1) is 11.3. The van der Waals surface area contributed by atoms with Gasteiger partial charge < -0.3 is 10.4 Å². The maximum Gasteiger partial charge on any atom is 0.188 e. The summed E-state index contributed by atoms with van der Waals surface area (Å²) in [6.07, 6.45) is 2.57. The van der Waals surface area contributed by atoms with Crippen molar-refractivity contribution in [1.82, 2.24) is 5.32 Å². The zero-order valence-electron chi connectivity index (χ0n) is 8.97. The zero-order chi connectivity index (χ0) is 11.5. The summed E-state index contributed by atoms with van der Waals surface area (Å²) in [4.78, 5) is 0. The Balaban J connectivity index is 2.11. The fraction of sp³-hybridized carbons (Fsp3) is 0.500. The van der Waals surface area contributed by atoms with Gasteiger partial charge in [-0.1, -0.05) is 6.07 Å². The van der Waals surface area contributed by atoms with Gasteiger partial charge in [0.05, 0.1) is 0 Å². The summed E-state index contributed by atoms with van der Waals surface area (Å²) in [6, 6.07) is 2.54. The second-order valence-corrected chi connectivity index (χ2v) is 4.27. The van der Waals surface area contributed by atoms with Crippen molar-refractivity contribution in [3.8, 4) is 5.75 Å². The first-order chi connectivity index (χ1) is 7.68. The van der Waals surface area contributed by atoms with E-state index in [1.165, 1.54) is 6.07 Å². The lowest BCUT2D eigenvalue weighted by Gasteiger charge is -2.22. The summed E-state index contributed by atoms with van der Waals surface area (Å²) < 4.78 is 26.3. The molecule has 2 rings (SSSR count). The minimum Gasteiger partial charge on any atom is -0.503 e. The van der Waals surface area contributed by atoms with Gasteiger partial charge in [0.2, 0.25) is 0 Å². The normalized spacial score (nSPS) is 17.6. The summed E-state index contributed by atoms with van der Waals surface area (Å²) in [5, 5.41) is 12.4. The fourth-order valence-corrected chi connectivity index (χ4v) is 2.14. The van der Waals surface area contributed by atoms with E-state index in [1.54, 1.807) is 0 Å². The molecule has 0 bridgehead atoms. The third-order valence-corrected chi connectivity index (χ3v) is 3.11. The molecule has 4 heteroatoms. The Kier molecular flexibility index (Phi) is 3.39. The second kappa shape index (κ2) is 4.78. The van der Waals surface area contributed by atoms with Crippen LogP contribution in [0.15, 0.2) is 12.1 Å². The van der Waals surface area contributed by atoms with Crippen molar-refractivity contribution in [2.75, 3.05) is 13.1 Å². The molecule has 16 heavy (non-hydrogen) atoms. The number of piperidine rings is 1. The zero-order valence-corrected chi connectivity index (χ0v) is 8.97. The summed E-state index contributed by atoms with van der Waals surface area (Å²) >= 11 is 0. The lowest BCUT2D eigenvalue weighted by atomic mass is 9.91. The summed E-state index contributed by atoms with van der Waals surface area (Å²) in [5.41, 5.74) is 0.408. The van der Waals surface area contributed by atoms with E-state index in [4.69, 9.17) is 5.11 Å². The molecule has 1 aromatic carbocycles. The van der Waals surface area contributed by atoms with E-state index in [9.17, 15) is 8.78 Å². The van der Waals surface area contributed by atoms with E-state index in [2.05, 4.69) is 5.32 Å². The van der Waals surface area contributed by atoms with Crippen LogP contribution in [0.3, 0.4) is 0 Å². The van der Waals surface area contributed by atoms with Gasteiger partial charge in [-0.15, -0.1) is 0 Å². The van der Waals surface area contributed by atoms with Crippen molar-refractivity contribution in [2.45, 2.75) is 19.3 Å². The van der Waals surface area contributed by atoms with Gasteiger partial charge in [0.1, 0.15) is 0 Å². The van der Waals surface area contributed by atoms with Gasteiger partial charge in [0.25, 0.3) is 0 Å². The smallest absolute Gasteiger partial charge is 0.188 e. The van der Waals surface area contributed by atoms with Crippen molar-refractivity contribution >= 4 is 0 Å². The summed E-state index contributed by atoms with van der Waals surface area (Å²) in [6.45, 7) is 1.89. The number of rotatable bonds is 2. The van der Waals surface area contributed by atoms with Crippen molar-refractivity contribution < 1.29 is 13.9 Å². The predicted octanol–water partition coefficient (Wildman–Crippen LogP) is 2.21. The van der Waals surface area contributed by atoms with Crippen LogP contribution in [0.2, 0.25) is 0 Å². The van der Waals surface area contributed by atoms with Crippen LogP contribution in [0.25, 0.3) is 0 Å². The second-order valence-electron chi connectivity index (χ2n) is 4.27. The van der Waals surface area contributed by atoms with E-state index >= 15 is 0 Å². The Labute approximate surface area is 93.3 Å². The highest BCUT2D eigenvalue weighted by Gasteiger charge is 2.18. The van der Waals surface area contributed by atoms with E-state index in [1.807, 2.05) is 0 Å². The first-order valence-electron chi connectivity index (χ1n) is 5.55. The number of aromatic hydroxyl groups is 1. The molecule has 1 saturated heterocycles. The molecular weight excluding hydrogens is 212 g/mol. The van der Waals surface area contributed by atoms with Crippen molar-refractivity contribution in [1.29, 1.82) is 0 Å². The SMILES string of the molecule is Oc1c(F)ccc(CC2CCNCC2)c1F. The molecule has 0 saturated carbocycles. The monoisotopic (exact) mass is 227 g/mol. The Morgan fingerprint density at radius 2 is 1.94 bits per heavy atom. The highest BCUT2D eigenvalue weighted by molar-refractivity contribution is 5.31. The van der Waals surface area contributed by atoms with E-state index in [0.717, 1.165) is 32.0 Å². The van der Waals surface area contributed by atoms with Crippen LogP contribution in [0.1, 0.15) is 18.4 Å². The van der Waals surface area contributed by atoms with Crippen LogP contribution in [-0.4, -0.2) is 18.2 Å². The number of hydrogen-bond donors (Lipinski definition) is 2. The first-order valence-corrected chi connectivity index (χ1v) is 5.55. The molecule has 1 fully saturated rings. The lowest BCUT2D eigenvalue weighted by molar-refractivity contribution is 0.359. The number of nitrogens with one attached hydrogen (secondary N) is 1. The molecule has 0 atom stereocenters. The molecule has 0 amide bonds. The largest absolute Gasteiger partial charge is 0.503 e. The third kappa shape index (κ3) is 2.32. The Bertz CT molecular complexity index is 376. The van der Waals surface area contributed by atoms with Crippen LogP contribution < -0.4 is 5.32 Å². The van der Waals surface area contributed by atoms with Gasteiger partial charge in [-0.05, 0) is 49.9 Å². The van der Waals surface area contributed by atoms with Crippen LogP contribution in [0.5, 0.6) is 5.75 Å². The van der Waals surface area contributed by atoms with Gasteiger partial charge in [-0.3, -0.25) is 0 Å². The Hall–Kier alpha value is -1.16. The fourth-order valence-electron chi connectivity index (χ4n) is 2.14. The minimum absolute atomic E-state index is 0.408. The van der Waals surface area contributed by atoms with E-state index in [0.29, 0.717) is 17.9 Å². The van der Waals surface area contributed by atoms with Crippen molar-refractivity contribution in [3.63, 3.8) is 0 Å². The van der Waals surface area contributed by atoms with Crippen LogP contribution in [0.4, 0.5) is 8.78 Å². The summed E-state index contributed by atoms with van der Waals surface area (Å²) in [7, 11) is 0. The maximum atomic E-state index is 13.5. The Morgan fingerprint density at radius 3 is 2.62 bits per heavy atom. The third-order valence-electron chi connectivity index (χ3n) is 3.11. The average Bonchev–Trinajstić information content (AvgIpc) is 2.31. The standard InChI is InChI=1S/C12H15F2NO/c13-10-2-1-9(11(14)12(10)16)7-8-3-5-15-6-4-8/h1-2,8,15-16H,3-7H2. The molecule has 88 valence electrons. The predicted molar refractivity (Wildman–Crippen MR) is 57.3 cm³/mol. The molecule has 1 aromatic rings. The van der Waals surface area contributed by atoms with E-state index < -0.39 is 17.4 Å². The molecule has 2 nitrogen and oxygen atoms in total.